The number of hydrogen-bond acceptors (Lipinski definition) is 4. The first-order valence-electron chi connectivity index (χ1n) is 4.87. The van der Waals surface area contributed by atoms with Gasteiger partial charge in [-0.25, -0.2) is 18.1 Å². The van der Waals surface area contributed by atoms with E-state index in [-0.39, 0.29) is 12.3 Å². The van der Waals surface area contributed by atoms with E-state index in [0.29, 0.717) is 17.4 Å². The van der Waals surface area contributed by atoms with Gasteiger partial charge in [-0.2, -0.15) is 0 Å². The van der Waals surface area contributed by atoms with E-state index in [0.717, 1.165) is 0 Å². The first-order valence-corrected chi connectivity index (χ1v) is 6.90. The number of sulfonamides is 1. The average molecular weight is 264 g/mol. The molecule has 0 atom stereocenters. The van der Waals surface area contributed by atoms with Crippen LogP contribution in [0.1, 0.15) is 6.92 Å². The zero-order valence-corrected chi connectivity index (χ0v) is 10.5. The molecule has 0 aliphatic rings. The number of nitrogens with one attached hydrogen (secondary N) is 2. The Morgan fingerprint density at radius 1 is 1.50 bits per heavy atom. The lowest BCUT2D eigenvalue weighted by atomic mass is 10.4. The maximum atomic E-state index is 11.3. The summed E-state index contributed by atoms with van der Waals surface area (Å²) < 4.78 is 25.0. The molecular formula is C9H14ClN3O2S. The van der Waals surface area contributed by atoms with Crippen molar-refractivity contribution in [1.82, 2.24) is 9.71 Å². The topological polar surface area (TPSA) is 71.1 Å². The minimum absolute atomic E-state index is 0.00621. The Labute approximate surface area is 100 Å². The monoisotopic (exact) mass is 263 g/mol. The molecule has 16 heavy (non-hydrogen) atoms. The van der Waals surface area contributed by atoms with Gasteiger partial charge >= 0.3 is 0 Å². The summed E-state index contributed by atoms with van der Waals surface area (Å²) in [4.78, 5) is 3.99. The van der Waals surface area contributed by atoms with Gasteiger partial charge in [-0.1, -0.05) is 18.5 Å². The SMILES string of the molecule is CCNS(=O)(=O)CCNc1ncccc1Cl. The first-order chi connectivity index (χ1) is 7.55. The Morgan fingerprint density at radius 3 is 2.88 bits per heavy atom. The van der Waals surface area contributed by atoms with Crippen LogP contribution in [0.5, 0.6) is 0 Å². The Balaban J connectivity index is 2.45. The van der Waals surface area contributed by atoms with Crippen molar-refractivity contribution in [2.75, 3.05) is 24.2 Å². The molecule has 0 saturated carbocycles. The molecule has 1 rings (SSSR count). The fourth-order valence-corrected chi connectivity index (χ4v) is 2.25. The predicted molar refractivity (Wildman–Crippen MR) is 65.2 cm³/mol. The third-order valence-corrected chi connectivity index (χ3v) is 3.56. The quantitative estimate of drug-likeness (QED) is 0.806. The van der Waals surface area contributed by atoms with Crippen molar-refractivity contribution >= 4 is 27.4 Å². The van der Waals surface area contributed by atoms with E-state index in [1.165, 1.54) is 0 Å². The standard InChI is InChI=1S/C9H14ClN3O2S/c1-2-13-16(14,15)7-6-12-9-8(10)4-3-5-11-9/h3-5,13H,2,6-7H2,1H3,(H,11,12). The minimum atomic E-state index is -3.20. The summed E-state index contributed by atoms with van der Waals surface area (Å²) in [6.07, 6.45) is 1.59. The highest BCUT2D eigenvalue weighted by atomic mass is 35.5. The molecule has 0 fully saturated rings. The van der Waals surface area contributed by atoms with E-state index in [9.17, 15) is 8.42 Å². The third kappa shape index (κ3) is 4.34. The molecule has 1 aromatic rings. The lowest BCUT2D eigenvalue weighted by molar-refractivity contribution is 0.584. The fraction of sp³-hybridized carbons (Fsp3) is 0.444. The number of halogens is 1. The second kappa shape index (κ2) is 6.03. The normalized spacial score (nSPS) is 11.4. The molecule has 0 saturated heterocycles. The molecule has 90 valence electrons. The molecular weight excluding hydrogens is 250 g/mol. The van der Waals surface area contributed by atoms with E-state index in [1.54, 1.807) is 25.3 Å². The molecule has 0 radical (unpaired) electrons. The molecule has 0 bridgehead atoms. The van der Waals surface area contributed by atoms with Crippen LogP contribution in [0.3, 0.4) is 0 Å². The lowest BCUT2D eigenvalue weighted by Crippen LogP contribution is -2.29. The molecule has 7 heteroatoms. The second-order valence-corrected chi connectivity index (χ2v) is 5.41. The summed E-state index contributed by atoms with van der Waals surface area (Å²) in [5, 5.41) is 3.34. The van der Waals surface area contributed by atoms with Crippen LogP contribution in [0.4, 0.5) is 5.82 Å². The lowest BCUT2D eigenvalue weighted by Gasteiger charge is -2.07. The molecule has 0 aromatic carbocycles. The summed E-state index contributed by atoms with van der Waals surface area (Å²) in [5.74, 6) is 0.490. The number of rotatable bonds is 6. The summed E-state index contributed by atoms with van der Waals surface area (Å²) in [6, 6.07) is 3.40. The van der Waals surface area contributed by atoms with Crippen LogP contribution in [0, 0.1) is 0 Å². The van der Waals surface area contributed by atoms with Crippen LogP contribution in [0.15, 0.2) is 18.3 Å². The van der Waals surface area contributed by atoms with Gasteiger partial charge in [0.2, 0.25) is 10.0 Å². The van der Waals surface area contributed by atoms with Crippen molar-refractivity contribution in [3.63, 3.8) is 0 Å². The van der Waals surface area contributed by atoms with Gasteiger partial charge in [0.05, 0.1) is 10.8 Å². The predicted octanol–water partition coefficient (Wildman–Crippen LogP) is 1.09. The average Bonchev–Trinajstić information content (AvgIpc) is 2.20. The largest absolute Gasteiger partial charge is 0.368 e. The van der Waals surface area contributed by atoms with Crippen molar-refractivity contribution in [3.05, 3.63) is 23.4 Å². The Bertz CT molecular complexity index is 436. The van der Waals surface area contributed by atoms with Gasteiger partial charge in [0.15, 0.2) is 0 Å². The molecule has 0 spiro atoms. The van der Waals surface area contributed by atoms with Crippen molar-refractivity contribution in [3.8, 4) is 0 Å². The van der Waals surface area contributed by atoms with Gasteiger partial charge in [0.1, 0.15) is 5.82 Å². The van der Waals surface area contributed by atoms with E-state index in [2.05, 4.69) is 15.0 Å². The minimum Gasteiger partial charge on any atom is -0.368 e. The molecule has 0 amide bonds. The van der Waals surface area contributed by atoms with E-state index >= 15 is 0 Å². The Hall–Kier alpha value is -0.850. The van der Waals surface area contributed by atoms with Crippen molar-refractivity contribution in [2.24, 2.45) is 0 Å². The van der Waals surface area contributed by atoms with Gasteiger partial charge in [0.25, 0.3) is 0 Å². The summed E-state index contributed by atoms with van der Waals surface area (Å²) in [5.41, 5.74) is 0. The van der Waals surface area contributed by atoms with Gasteiger partial charge in [-0.05, 0) is 12.1 Å². The van der Waals surface area contributed by atoms with E-state index in [4.69, 9.17) is 11.6 Å². The van der Waals surface area contributed by atoms with Crippen LogP contribution >= 0.6 is 11.6 Å². The zero-order chi connectivity index (χ0) is 12.0. The molecule has 1 heterocycles. The highest BCUT2D eigenvalue weighted by Gasteiger charge is 2.08. The highest BCUT2D eigenvalue weighted by Crippen LogP contribution is 2.16. The van der Waals surface area contributed by atoms with Crippen LogP contribution in [-0.4, -0.2) is 32.2 Å². The van der Waals surface area contributed by atoms with Gasteiger partial charge < -0.3 is 5.32 Å². The first kappa shape index (κ1) is 13.2. The number of pyridine rings is 1. The van der Waals surface area contributed by atoms with Gasteiger partial charge in [-0.3, -0.25) is 0 Å². The molecule has 0 aliphatic heterocycles. The smallest absolute Gasteiger partial charge is 0.213 e. The maximum absolute atomic E-state index is 11.3. The Kier molecular flexibility index (Phi) is 4.98. The van der Waals surface area contributed by atoms with Crippen LogP contribution in [0.2, 0.25) is 5.02 Å². The van der Waals surface area contributed by atoms with Crippen molar-refractivity contribution in [2.45, 2.75) is 6.92 Å². The fourth-order valence-electron chi connectivity index (χ4n) is 1.11. The van der Waals surface area contributed by atoms with E-state index < -0.39 is 10.0 Å². The van der Waals surface area contributed by atoms with Crippen LogP contribution in [0.25, 0.3) is 0 Å². The third-order valence-electron chi connectivity index (χ3n) is 1.79. The zero-order valence-electron chi connectivity index (χ0n) is 8.90. The maximum Gasteiger partial charge on any atom is 0.213 e. The van der Waals surface area contributed by atoms with Crippen molar-refractivity contribution in [1.29, 1.82) is 0 Å². The number of anilines is 1. The van der Waals surface area contributed by atoms with Gasteiger partial charge in [-0.15, -0.1) is 0 Å². The number of aromatic nitrogens is 1. The van der Waals surface area contributed by atoms with Crippen molar-refractivity contribution < 1.29 is 8.42 Å². The summed E-state index contributed by atoms with van der Waals surface area (Å²) >= 11 is 5.85. The summed E-state index contributed by atoms with van der Waals surface area (Å²) in [7, 11) is -3.20. The van der Waals surface area contributed by atoms with E-state index in [1.807, 2.05) is 0 Å². The molecule has 0 unspecified atom stereocenters. The van der Waals surface area contributed by atoms with Crippen LogP contribution in [-0.2, 0) is 10.0 Å². The molecule has 2 N–H and O–H groups in total. The molecule has 1 aromatic heterocycles. The highest BCUT2D eigenvalue weighted by molar-refractivity contribution is 7.89. The molecule has 5 nitrogen and oxygen atoms in total. The number of nitrogens with zero attached hydrogens (tertiary/aromatic N) is 1. The van der Waals surface area contributed by atoms with Crippen LogP contribution < -0.4 is 10.0 Å². The number of hydrogen-bond donors (Lipinski definition) is 2. The Morgan fingerprint density at radius 2 is 2.25 bits per heavy atom. The second-order valence-electron chi connectivity index (χ2n) is 3.08. The van der Waals surface area contributed by atoms with Gasteiger partial charge in [0, 0.05) is 19.3 Å². The summed E-state index contributed by atoms with van der Waals surface area (Å²) in [6.45, 7) is 2.40. The molecule has 0 aliphatic carbocycles.